The van der Waals surface area contributed by atoms with Crippen LogP contribution in [0.1, 0.15) is 48.4 Å². The van der Waals surface area contributed by atoms with E-state index in [1.54, 1.807) is 0 Å². The zero-order valence-electron chi connectivity index (χ0n) is 11.9. The summed E-state index contributed by atoms with van der Waals surface area (Å²) in [6.07, 6.45) is 3.06. The minimum absolute atomic E-state index is 0.189. The van der Waals surface area contributed by atoms with Crippen LogP contribution >= 0.6 is 0 Å². The lowest BCUT2D eigenvalue weighted by Crippen LogP contribution is -2.26. The zero-order valence-corrected chi connectivity index (χ0v) is 11.9. The van der Waals surface area contributed by atoms with Crippen LogP contribution in [0, 0.1) is 0 Å². The number of aromatic nitrogens is 2. The molecule has 2 aliphatic rings. The maximum absolute atomic E-state index is 5.70. The van der Waals surface area contributed by atoms with Gasteiger partial charge in [0.05, 0.1) is 12.5 Å². The molecule has 0 aliphatic carbocycles. The molecule has 4 rings (SSSR count). The highest BCUT2D eigenvalue weighted by Crippen LogP contribution is 2.37. The lowest BCUT2D eigenvalue weighted by atomic mass is 9.92. The van der Waals surface area contributed by atoms with Crippen LogP contribution in [0.2, 0.25) is 0 Å². The molecule has 0 amide bonds. The Labute approximate surface area is 123 Å². The monoisotopic (exact) mass is 285 g/mol. The van der Waals surface area contributed by atoms with Gasteiger partial charge in [0.2, 0.25) is 5.89 Å². The summed E-state index contributed by atoms with van der Waals surface area (Å²) >= 11 is 0. The lowest BCUT2D eigenvalue weighted by molar-refractivity contribution is 0.271. The number of hydrogen-bond acceptors (Lipinski definition) is 5. The van der Waals surface area contributed by atoms with Crippen molar-refractivity contribution in [1.29, 1.82) is 0 Å². The van der Waals surface area contributed by atoms with Crippen LogP contribution in [-0.4, -0.2) is 29.8 Å². The molecule has 0 spiro atoms. The molecule has 0 saturated carbocycles. The molecule has 1 atom stereocenters. The van der Waals surface area contributed by atoms with E-state index in [1.165, 1.54) is 5.56 Å². The van der Waals surface area contributed by atoms with Gasteiger partial charge in [0.1, 0.15) is 5.75 Å². The first-order valence-corrected chi connectivity index (χ1v) is 7.68. The number of piperidine rings is 1. The maximum atomic E-state index is 5.70. The molecule has 3 heterocycles. The average molecular weight is 285 g/mol. The molecule has 0 radical (unpaired) electrons. The SMILES string of the molecule is c1ccc2c(c1)OCCC2c1noc(C2CCNCC2)n1. The van der Waals surface area contributed by atoms with Crippen molar-refractivity contribution in [3.63, 3.8) is 0 Å². The van der Waals surface area contributed by atoms with Crippen LogP contribution in [0.5, 0.6) is 5.75 Å². The maximum Gasteiger partial charge on any atom is 0.229 e. The first kappa shape index (κ1) is 12.8. The van der Waals surface area contributed by atoms with Crippen molar-refractivity contribution in [2.24, 2.45) is 0 Å². The van der Waals surface area contributed by atoms with Gasteiger partial charge in [-0.15, -0.1) is 0 Å². The smallest absolute Gasteiger partial charge is 0.229 e. The Hall–Kier alpha value is -1.88. The molecule has 5 heteroatoms. The molecule has 1 saturated heterocycles. The molecule has 1 fully saturated rings. The van der Waals surface area contributed by atoms with E-state index in [-0.39, 0.29) is 5.92 Å². The van der Waals surface area contributed by atoms with Gasteiger partial charge in [0.15, 0.2) is 5.82 Å². The summed E-state index contributed by atoms with van der Waals surface area (Å²) in [7, 11) is 0. The van der Waals surface area contributed by atoms with Crippen molar-refractivity contribution in [2.45, 2.75) is 31.1 Å². The van der Waals surface area contributed by atoms with Gasteiger partial charge in [-0.1, -0.05) is 23.4 Å². The summed E-state index contributed by atoms with van der Waals surface area (Å²) in [5, 5.41) is 7.61. The topological polar surface area (TPSA) is 60.2 Å². The Bertz CT molecular complexity index is 619. The molecule has 1 unspecified atom stereocenters. The summed E-state index contributed by atoms with van der Waals surface area (Å²) in [6.45, 7) is 2.77. The Morgan fingerprint density at radius 3 is 2.86 bits per heavy atom. The van der Waals surface area contributed by atoms with Crippen molar-refractivity contribution in [1.82, 2.24) is 15.5 Å². The number of nitrogens with one attached hydrogen (secondary N) is 1. The van der Waals surface area contributed by atoms with E-state index < -0.39 is 0 Å². The van der Waals surface area contributed by atoms with Crippen LogP contribution in [0.25, 0.3) is 0 Å². The highest BCUT2D eigenvalue weighted by atomic mass is 16.5. The first-order chi connectivity index (χ1) is 10.4. The summed E-state index contributed by atoms with van der Waals surface area (Å²) in [5.74, 6) is 3.15. The fraction of sp³-hybridized carbons (Fsp3) is 0.500. The number of hydrogen-bond donors (Lipinski definition) is 1. The zero-order chi connectivity index (χ0) is 14.1. The van der Waals surface area contributed by atoms with Gasteiger partial charge in [-0.2, -0.15) is 4.98 Å². The fourth-order valence-corrected chi connectivity index (χ4v) is 3.23. The number of benzene rings is 1. The van der Waals surface area contributed by atoms with E-state index in [1.807, 2.05) is 18.2 Å². The molecular formula is C16H19N3O2. The van der Waals surface area contributed by atoms with E-state index in [0.29, 0.717) is 12.5 Å². The molecule has 5 nitrogen and oxygen atoms in total. The number of nitrogens with zero attached hydrogens (tertiary/aromatic N) is 2. The third-order valence-corrected chi connectivity index (χ3v) is 4.42. The molecule has 2 aromatic rings. The Morgan fingerprint density at radius 1 is 1.10 bits per heavy atom. The fourth-order valence-electron chi connectivity index (χ4n) is 3.23. The van der Waals surface area contributed by atoms with Gasteiger partial charge in [0, 0.05) is 11.5 Å². The van der Waals surface area contributed by atoms with Crippen molar-refractivity contribution in [3.05, 3.63) is 41.5 Å². The Morgan fingerprint density at radius 2 is 1.95 bits per heavy atom. The van der Waals surface area contributed by atoms with E-state index in [4.69, 9.17) is 14.2 Å². The molecule has 1 aromatic heterocycles. The number of fused-ring (bicyclic) bond motifs is 1. The normalized spacial score (nSPS) is 22.6. The van der Waals surface area contributed by atoms with Crippen LogP contribution in [0.3, 0.4) is 0 Å². The van der Waals surface area contributed by atoms with E-state index in [2.05, 4.69) is 16.5 Å². The van der Waals surface area contributed by atoms with Gasteiger partial charge in [-0.05, 0) is 38.4 Å². The van der Waals surface area contributed by atoms with Gasteiger partial charge in [-0.3, -0.25) is 0 Å². The summed E-state index contributed by atoms with van der Waals surface area (Å²) < 4.78 is 11.2. The van der Waals surface area contributed by atoms with Crippen LogP contribution in [0.4, 0.5) is 0 Å². The number of rotatable bonds is 2. The van der Waals surface area contributed by atoms with Crippen LogP contribution in [-0.2, 0) is 0 Å². The highest BCUT2D eigenvalue weighted by molar-refractivity contribution is 5.40. The van der Waals surface area contributed by atoms with Crippen molar-refractivity contribution in [3.8, 4) is 5.75 Å². The average Bonchev–Trinajstić information content (AvgIpc) is 3.05. The Balaban J connectivity index is 1.61. The standard InChI is InChI=1S/C16H19N3O2/c1-2-4-14-12(3-1)13(7-10-20-14)15-18-16(21-19-15)11-5-8-17-9-6-11/h1-4,11,13,17H,5-10H2. The summed E-state index contributed by atoms with van der Waals surface area (Å²) in [5.41, 5.74) is 1.17. The minimum atomic E-state index is 0.189. The molecule has 0 bridgehead atoms. The van der Waals surface area contributed by atoms with Gasteiger partial charge < -0.3 is 14.6 Å². The van der Waals surface area contributed by atoms with Gasteiger partial charge >= 0.3 is 0 Å². The second kappa shape index (κ2) is 5.48. The molecule has 21 heavy (non-hydrogen) atoms. The first-order valence-electron chi connectivity index (χ1n) is 7.68. The Kier molecular flexibility index (Phi) is 3.35. The van der Waals surface area contributed by atoms with E-state index in [0.717, 1.165) is 49.8 Å². The van der Waals surface area contributed by atoms with Gasteiger partial charge in [0.25, 0.3) is 0 Å². The van der Waals surface area contributed by atoms with E-state index >= 15 is 0 Å². The number of para-hydroxylation sites is 1. The minimum Gasteiger partial charge on any atom is -0.493 e. The molecule has 1 N–H and O–H groups in total. The van der Waals surface area contributed by atoms with Crippen molar-refractivity contribution < 1.29 is 9.26 Å². The molecule has 1 aromatic carbocycles. The predicted octanol–water partition coefficient (Wildman–Crippen LogP) is 2.45. The third kappa shape index (κ3) is 2.42. The summed E-state index contributed by atoms with van der Waals surface area (Å²) in [4.78, 5) is 4.70. The molecular weight excluding hydrogens is 266 g/mol. The van der Waals surface area contributed by atoms with Crippen molar-refractivity contribution in [2.75, 3.05) is 19.7 Å². The lowest BCUT2D eigenvalue weighted by Gasteiger charge is -2.23. The quantitative estimate of drug-likeness (QED) is 0.918. The molecule has 110 valence electrons. The highest BCUT2D eigenvalue weighted by Gasteiger charge is 2.29. The second-order valence-electron chi connectivity index (χ2n) is 5.74. The molecule has 2 aliphatic heterocycles. The van der Waals surface area contributed by atoms with Crippen LogP contribution in [0.15, 0.2) is 28.8 Å². The largest absolute Gasteiger partial charge is 0.493 e. The van der Waals surface area contributed by atoms with Crippen LogP contribution < -0.4 is 10.1 Å². The third-order valence-electron chi connectivity index (χ3n) is 4.42. The number of ether oxygens (including phenoxy) is 1. The van der Waals surface area contributed by atoms with Gasteiger partial charge in [-0.25, -0.2) is 0 Å². The second-order valence-corrected chi connectivity index (χ2v) is 5.74. The summed E-state index contributed by atoms with van der Waals surface area (Å²) in [6, 6.07) is 8.14. The van der Waals surface area contributed by atoms with Crippen molar-refractivity contribution >= 4 is 0 Å². The predicted molar refractivity (Wildman–Crippen MR) is 77.5 cm³/mol. The van der Waals surface area contributed by atoms with E-state index in [9.17, 15) is 0 Å².